The summed E-state index contributed by atoms with van der Waals surface area (Å²) < 4.78 is 2.04. The fourth-order valence-electron chi connectivity index (χ4n) is 5.47. The van der Waals surface area contributed by atoms with Crippen LogP contribution in [0.25, 0.3) is 0 Å². The minimum absolute atomic E-state index is 0.358. The fraction of sp³-hybridized carbons (Fsp3) is 0.818. The lowest BCUT2D eigenvalue weighted by Crippen LogP contribution is -2.36. The molecular formula is C22H36N4O. The van der Waals surface area contributed by atoms with Crippen LogP contribution < -0.4 is 0 Å². The summed E-state index contributed by atoms with van der Waals surface area (Å²) in [7, 11) is 8.29. The fourth-order valence-corrected chi connectivity index (χ4v) is 5.47. The van der Waals surface area contributed by atoms with Crippen molar-refractivity contribution in [3.8, 4) is 0 Å². The number of hydrogen-bond donors (Lipinski definition) is 0. The van der Waals surface area contributed by atoms with Crippen molar-refractivity contribution in [3.05, 3.63) is 17.5 Å². The van der Waals surface area contributed by atoms with Gasteiger partial charge in [-0.2, -0.15) is 5.10 Å². The molecule has 0 radical (unpaired) electrons. The van der Waals surface area contributed by atoms with Crippen molar-refractivity contribution in [3.63, 3.8) is 0 Å². The molecule has 3 aliphatic carbocycles. The Morgan fingerprint density at radius 3 is 2.48 bits per heavy atom. The van der Waals surface area contributed by atoms with Gasteiger partial charge in [0.1, 0.15) is 0 Å². The van der Waals surface area contributed by atoms with Crippen LogP contribution in [0.4, 0.5) is 0 Å². The van der Waals surface area contributed by atoms with Gasteiger partial charge in [-0.3, -0.25) is 9.48 Å². The summed E-state index contributed by atoms with van der Waals surface area (Å²) in [5, 5.41) is 4.79. The van der Waals surface area contributed by atoms with Crippen molar-refractivity contribution >= 4 is 5.91 Å². The molecule has 4 rings (SSSR count). The van der Waals surface area contributed by atoms with E-state index in [0.717, 1.165) is 19.5 Å². The molecule has 1 aromatic heterocycles. The highest BCUT2D eigenvalue weighted by atomic mass is 16.2. The van der Waals surface area contributed by atoms with E-state index in [4.69, 9.17) is 5.10 Å². The molecule has 3 saturated carbocycles. The van der Waals surface area contributed by atoms with Crippen LogP contribution in [0.5, 0.6) is 0 Å². The van der Waals surface area contributed by atoms with Crippen LogP contribution in [0.2, 0.25) is 0 Å². The molecule has 1 atom stereocenters. The van der Waals surface area contributed by atoms with Gasteiger partial charge in [0, 0.05) is 39.0 Å². The van der Waals surface area contributed by atoms with Crippen molar-refractivity contribution < 1.29 is 4.79 Å². The monoisotopic (exact) mass is 372 g/mol. The van der Waals surface area contributed by atoms with Gasteiger partial charge >= 0.3 is 0 Å². The van der Waals surface area contributed by atoms with E-state index in [0.29, 0.717) is 29.1 Å². The molecule has 0 unspecified atom stereocenters. The second-order valence-electron chi connectivity index (χ2n) is 9.83. The van der Waals surface area contributed by atoms with Crippen LogP contribution in [0.1, 0.15) is 68.7 Å². The molecule has 1 amide bonds. The van der Waals surface area contributed by atoms with E-state index < -0.39 is 0 Å². The Bertz CT molecular complexity index is 682. The number of amides is 1. The predicted molar refractivity (Wildman–Crippen MR) is 107 cm³/mol. The topological polar surface area (TPSA) is 41.4 Å². The van der Waals surface area contributed by atoms with Gasteiger partial charge in [-0.25, -0.2) is 0 Å². The summed E-state index contributed by atoms with van der Waals surface area (Å²) in [6, 6.07) is 2.30. The third-order valence-electron chi connectivity index (χ3n) is 7.48. The molecule has 0 N–H and O–H groups in total. The first-order valence-corrected chi connectivity index (χ1v) is 10.8. The minimum Gasteiger partial charge on any atom is -0.345 e. The lowest BCUT2D eigenvalue weighted by atomic mass is 9.79. The van der Waals surface area contributed by atoms with Gasteiger partial charge in [0.05, 0.1) is 11.4 Å². The Kier molecular flexibility index (Phi) is 5.08. The Hall–Kier alpha value is -1.36. The van der Waals surface area contributed by atoms with Crippen molar-refractivity contribution in [1.82, 2.24) is 19.6 Å². The molecule has 0 aromatic carbocycles. The van der Waals surface area contributed by atoms with E-state index in [-0.39, 0.29) is 0 Å². The van der Waals surface area contributed by atoms with E-state index in [1.165, 1.54) is 56.3 Å². The lowest BCUT2D eigenvalue weighted by molar-refractivity contribution is -0.133. The first-order valence-electron chi connectivity index (χ1n) is 10.8. The van der Waals surface area contributed by atoms with E-state index in [9.17, 15) is 4.79 Å². The van der Waals surface area contributed by atoms with Crippen molar-refractivity contribution in [1.29, 1.82) is 0 Å². The molecule has 1 spiro atoms. The third-order valence-corrected chi connectivity index (χ3v) is 7.48. The Morgan fingerprint density at radius 2 is 1.93 bits per heavy atom. The maximum atomic E-state index is 12.7. The quantitative estimate of drug-likeness (QED) is 0.768. The molecule has 3 fully saturated rings. The average Bonchev–Trinajstić information content (AvgIpc) is 3.28. The summed E-state index contributed by atoms with van der Waals surface area (Å²) in [5.41, 5.74) is 3.01. The number of aryl methyl sites for hydroxylation is 1. The summed E-state index contributed by atoms with van der Waals surface area (Å²) in [6.07, 6.45) is 9.94. The van der Waals surface area contributed by atoms with Crippen LogP contribution in [0.15, 0.2) is 6.07 Å². The molecule has 5 nitrogen and oxygen atoms in total. The van der Waals surface area contributed by atoms with E-state index in [1.807, 2.05) is 11.7 Å². The first kappa shape index (κ1) is 19.0. The zero-order valence-electron chi connectivity index (χ0n) is 17.6. The van der Waals surface area contributed by atoms with Gasteiger partial charge in [-0.15, -0.1) is 0 Å². The molecule has 150 valence electrons. The van der Waals surface area contributed by atoms with Gasteiger partial charge < -0.3 is 9.80 Å². The number of nitrogens with zero attached hydrogens (tertiary/aromatic N) is 4. The predicted octanol–water partition coefficient (Wildman–Crippen LogP) is 3.40. The molecule has 3 aliphatic rings. The van der Waals surface area contributed by atoms with Crippen LogP contribution in [0, 0.1) is 17.3 Å². The van der Waals surface area contributed by atoms with Crippen molar-refractivity contribution in [2.24, 2.45) is 24.3 Å². The Labute approximate surface area is 164 Å². The Morgan fingerprint density at radius 1 is 1.22 bits per heavy atom. The first-order chi connectivity index (χ1) is 12.9. The maximum Gasteiger partial charge on any atom is 0.226 e. The molecule has 1 heterocycles. The summed E-state index contributed by atoms with van der Waals surface area (Å²) >= 11 is 0. The normalized spacial score (nSPS) is 29.0. The van der Waals surface area contributed by atoms with Gasteiger partial charge in [-0.1, -0.05) is 6.42 Å². The largest absolute Gasteiger partial charge is 0.345 e. The van der Waals surface area contributed by atoms with Crippen molar-refractivity contribution in [2.75, 3.05) is 27.7 Å². The highest BCUT2D eigenvalue weighted by molar-refractivity contribution is 5.82. The van der Waals surface area contributed by atoms with Crippen LogP contribution in [0.3, 0.4) is 0 Å². The van der Waals surface area contributed by atoms with Crippen molar-refractivity contribution in [2.45, 2.75) is 63.8 Å². The minimum atomic E-state index is 0.358. The SMILES string of the molecule is CN(C)Cc1cc(C2CCC(CN(C)C(=O)[C@@H]3CC34CCC4)CC2)nn1C. The maximum absolute atomic E-state index is 12.7. The zero-order valence-corrected chi connectivity index (χ0v) is 17.6. The van der Waals surface area contributed by atoms with Crippen LogP contribution in [-0.2, 0) is 18.4 Å². The lowest BCUT2D eigenvalue weighted by Gasteiger charge is -2.32. The van der Waals surface area contributed by atoms with E-state index in [1.54, 1.807) is 0 Å². The molecule has 0 bridgehead atoms. The Balaban J connectivity index is 1.26. The molecule has 0 saturated heterocycles. The third kappa shape index (κ3) is 3.80. The number of carbonyl (C=O) groups is 1. The second-order valence-corrected chi connectivity index (χ2v) is 9.83. The zero-order chi connectivity index (χ0) is 19.2. The molecule has 0 aliphatic heterocycles. The standard InChI is InChI=1S/C22H36N4O/c1-24(2)15-18-12-20(23-26(18)4)17-8-6-16(7-9-17)14-25(3)21(27)19-13-22(19)10-5-11-22/h12,16-17,19H,5-11,13-15H2,1-4H3/t16?,17?,19-/m0/s1. The van der Waals surface area contributed by atoms with E-state index >= 15 is 0 Å². The number of aromatic nitrogens is 2. The smallest absolute Gasteiger partial charge is 0.226 e. The van der Waals surface area contributed by atoms with Gasteiger partial charge in [0.15, 0.2) is 0 Å². The molecule has 27 heavy (non-hydrogen) atoms. The number of hydrogen-bond acceptors (Lipinski definition) is 3. The molecular weight excluding hydrogens is 336 g/mol. The van der Waals surface area contributed by atoms with E-state index in [2.05, 4.69) is 37.0 Å². The summed E-state index contributed by atoms with van der Waals surface area (Å²) in [5.74, 6) is 2.04. The molecule has 5 heteroatoms. The van der Waals surface area contributed by atoms with Gasteiger partial charge in [-0.05, 0) is 76.4 Å². The number of rotatable bonds is 6. The molecule has 1 aromatic rings. The number of carbonyl (C=O) groups excluding carboxylic acids is 1. The highest BCUT2D eigenvalue weighted by Gasteiger charge is 2.61. The van der Waals surface area contributed by atoms with Gasteiger partial charge in [0.25, 0.3) is 0 Å². The highest BCUT2D eigenvalue weighted by Crippen LogP contribution is 2.65. The summed E-state index contributed by atoms with van der Waals surface area (Å²) in [4.78, 5) is 17.0. The summed E-state index contributed by atoms with van der Waals surface area (Å²) in [6.45, 7) is 1.89. The van der Waals surface area contributed by atoms with Crippen LogP contribution >= 0.6 is 0 Å². The average molecular weight is 373 g/mol. The van der Waals surface area contributed by atoms with Crippen LogP contribution in [-0.4, -0.2) is 53.2 Å². The van der Waals surface area contributed by atoms with Gasteiger partial charge in [0.2, 0.25) is 5.91 Å². The second kappa shape index (κ2) is 7.23.